The van der Waals surface area contributed by atoms with Gasteiger partial charge in [0.2, 0.25) is 0 Å². The second-order valence-corrected chi connectivity index (χ2v) is 4.63. The second-order valence-electron chi connectivity index (χ2n) is 4.63. The molecule has 0 radical (unpaired) electrons. The number of aryl methyl sites for hydroxylation is 1. The first-order valence-corrected chi connectivity index (χ1v) is 6.44. The van der Waals surface area contributed by atoms with Gasteiger partial charge in [-0.1, -0.05) is 6.07 Å². The van der Waals surface area contributed by atoms with E-state index < -0.39 is 0 Å². The number of carbonyl (C=O) groups is 1. The van der Waals surface area contributed by atoms with Crippen LogP contribution in [0.15, 0.2) is 36.4 Å². The molecule has 0 unspecified atom stereocenters. The zero-order chi connectivity index (χ0) is 15.4. The van der Waals surface area contributed by atoms with Gasteiger partial charge in [0.15, 0.2) is 0 Å². The number of methoxy groups -OCH3 is 2. The first-order valence-electron chi connectivity index (χ1n) is 6.44. The SMILES string of the molecule is COc1cc(NC(=O)c2ccc(C)c(N)c2)cc(OC)c1. The van der Waals surface area contributed by atoms with Gasteiger partial charge in [0.25, 0.3) is 5.91 Å². The van der Waals surface area contributed by atoms with E-state index in [1.54, 1.807) is 44.6 Å². The van der Waals surface area contributed by atoms with Gasteiger partial charge in [-0.25, -0.2) is 0 Å². The largest absolute Gasteiger partial charge is 0.497 e. The summed E-state index contributed by atoms with van der Waals surface area (Å²) in [5, 5.41) is 2.80. The van der Waals surface area contributed by atoms with Crippen molar-refractivity contribution in [3.63, 3.8) is 0 Å². The Kier molecular flexibility index (Phi) is 4.33. The van der Waals surface area contributed by atoms with Crippen molar-refractivity contribution in [1.29, 1.82) is 0 Å². The Bertz CT molecular complexity index is 646. The lowest BCUT2D eigenvalue weighted by Gasteiger charge is -2.10. The molecule has 5 nitrogen and oxygen atoms in total. The van der Waals surface area contributed by atoms with Crippen LogP contribution in [0.4, 0.5) is 11.4 Å². The molecule has 2 aromatic rings. The van der Waals surface area contributed by atoms with Crippen LogP contribution in [0.1, 0.15) is 15.9 Å². The Hall–Kier alpha value is -2.69. The van der Waals surface area contributed by atoms with Crippen molar-refractivity contribution in [3.8, 4) is 11.5 Å². The molecule has 0 saturated heterocycles. The van der Waals surface area contributed by atoms with Crippen molar-refractivity contribution >= 4 is 17.3 Å². The van der Waals surface area contributed by atoms with Crippen molar-refractivity contribution in [2.45, 2.75) is 6.92 Å². The summed E-state index contributed by atoms with van der Waals surface area (Å²) in [5.41, 5.74) is 8.44. The minimum Gasteiger partial charge on any atom is -0.497 e. The highest BCUT2D eigenvalue weighted by molar-refractivity contribution is 6.05. The molecule has 0 heterocycles. The Labute approximate surface area is 123 Å². The third-order valence-corrected chi connectivity index (χ3v) is 3.15. The van der Waals surface area contributed by atoms with Crippen LogP contribution in [-0.4, -0.2) is 20.1 Å². The lowest BCUT2D eigenvalue weighted by molar-refractivity contribution is 0.102. The average Bonchev–Trinajstić information content (AvgIpc) is 2.49. The number of nitrogens with one attached hydrogen (secondary N) is 1. The molecule has 0 bridgehead atoms. The summed E-state index contributed by atoms with van der Waals surface area (Å²) in [7, 11) is 3.11. The molecule has 0 aliphatic rings. The van der Waals surface area contributed by atoms with Crippen LogP contribution in [-0.2, 0) is 0 Å². The van der Waals surface area contributed by atoms with Crippen LogP contribution in [0.2, 0.25) is 0 Å². The average molecular weight is 286 g/mol. The van der Waals surface area contributed by atoms with Gasteiger partial charge in [-0.05, 0) is 24.6 Å². The van der Waals surface area contributed by atoms with E-state index in [9.17, 15) is 4.79 Å². The van der Waals surface area contributed by atoms with Gasteiger partial charge in [-0.2, -0.15) is 0 Å². The molecule has 0 aromatic heterocycles. The van der Waals surface area contributed by atoms with Gasteiger partial charge in [-0.15, -0.1) is 0 Å². The Morgan fingerprint density at radius 3 is 2.19 bits per heavy atom. The van der Waals surface area contributed by atoms with Crippen LogP contribution in [0, 0.1) is 6.92 Å². The number of hydrogen-bond acceptors (Lipinski definition) is 4. The first-order chi connectivity index (χ1) is 10.0. The van der Waals surface area contributed by atoms with E-state index >= 15 is 0 Å². The topological polar surface area (TPSA) is 73.6 Å². The number of benzene rings is 2. The number of nitrogens with two attached hydrogens (primary N) is 1. The molecule has 0 aliphatic carbocycles. The predicted molar refractivity (Wildman–Crippen MR) is 83.1 cm³/mol. The van der Waals surface area contributed by atoms with Crippen molar-refractivity contribution in [3.05, 3.63) is 47.5 Å². The van der Waals surface area contributed by atoms with Crippen LogP contribution in [0.25, 0.3) is 0 Å². The summed E-state index contributed by atoms with van der Waals surface area (Å²) in [6.45, 7) is 1.89. The molecular weight excluding hydrogens is 268 g/mol. The van der Waals surface area contributed by atoms with Crippen molar-refractivity contribution in [1.82, 2.24) is 0 Å². The number of ether oxygens (including phenoxy) is 2. The molecule has 21 heavy (non-hydrogen) atoms. The normalized spacial score (nSPS) is 10.0. The minimum atomic E-state index is -0.239. The van der Waals surface area contributed by atoms with Crippen LogP contribution in [0.3, 0.4) is 0 Å². The molecule has 2 rings (SSSR count). The molecule has 0 spiro atoms. The molecule has 3 N–H and O–H groups in total. The highest BCUT2D eigenvalue weighted by Crippen LogP contribution is 2.26. The zero-order valence-electron chi connectivity index (χ0n) is 12.3. The number of carbonyl (C=O) groups excluding carboxylic acids is 1. The minimum absolute atomic E-state index is 0.239. The number of nitrogen functional groups attached to an aromatic ring is 1. The van der Waals surface area contributed by atoms with Crippen molar-refractivity contribution in [2.24, 2.45) is 0 Å². The third-order valence-electron chi connectivity index (χ3n) is 3.15. The first kappa shape index (κ1) is 14.7. The van der Waals surface area contributed by atoms with E-state index in [1.165, 1.54) is 0 Å². The van der Waals surface area contributed by atoms with E-state index in [0.717, 1.165) is 5.56 Å². The molecular formula is C16H18N2O3. The van der Waals surface area contributed by atoms with Gasteiger partial charge in [0.05, 0.1) is 14.2 Å². The monoisotopic (exact) mass is 286 g/mol. The molecule has 2 aromatic carbocycles. The molecule has 0 saturated carbocycles. The Morgan fingerprint density at radius 1 is 1.05 bits per heavy atom. The van der Waals surface area contributed by atoms with Gasteiger partial charge in [0.1, 0.15) is 11.5 Å². The maximum absolute atomic E-state index is 12.2. The third kappa shape index (κ3) is 3.45. The van der Waals surface area contributed by atoms with Crippen LogP contribution < -0.4 is 20.5 Å². The molecule has 1 amide bonds. The summed E-state index contributed by atoms with van der Waals surface area (Å²) in [4.78, 5) is 12.2. The van der Waals surface area contributed by atoms with Crippen molar-refractivity contribution < 1.29 is 14.3 Å². The number of hydrogen-bond donors (Lipinski definition) is 2. The van der Waals surface area contributed by atoms with Crippen LogP contribution in [0.5, 0.6) is 11.5 Å². The molecule has 0 aliphatic heterocycles. The van der Waals surface area contributed by atoms with Gasteiger partial charge >= 0.3 is 0 Å². The lowest BCUT2D eigenvalue weighted by Crippen LogP contribution is -2.12. The fraction of sp³-hybridized carbons (Fsp3) is 0.188. The molecule has 0 atom stereocenters. The van der Waals surface area contributed by atoms with E-state index in [4.69, 9.17) is 15.2 Å². The highest BCUT2D eigenvalue weighted by atomic mass is 16.5. The fourth-order valence-corrected chi connectivity index (χ4v) is 1.86. The Balaban J connectivity index is 2.24. The van der Waals surface area contributed by atoms with Crippen LogP contribution >= 0.6 is 0 Å². The maximum Gasteiger partial charge on any atom is 0.255 e. The number of anilines is 2. The number of amides is 1. The smallest absolute Gasteiger partial charge is 0.255 e. The van der Waals surface area contributed by atoms with E-state index in [0.29, 0.717) is 28.4 Å². The molecule has 5 heteroatoms. The lowest BCUT2D eigenvalue weighted by atomic mass is 10.1. The predicted octanol–water partition coefficient (Wildman–Crippen LogP) is 2.85. The quantitative estimate of drug-likeness (QED) is 0.848. The summed E-state index contributed by atoms with van der Waals surface area (Å²) < 4.78 is 10.3. The van der Waals surface area contributed by atoms with E-state index in [2.05, 4.69) is 5.32 Å². The summed E-state index contributed by atoms with van der Waals surface area (Å²) in [6.07, 6.45) is 0. The van der Waals surface area contributed by atoms with E-state index in [1.807, 2.05) is 13.0 Å². The van der Waals surface area contributed by atoms with E-state index in [-0.39, 0.29) is 5.91 Å². The number of rotatable bonds is 4. The standard InChI is InChI=1S/C16H18N2O3/c1-10-4-5-11(6-15(10)17)16(19)18-12-7-13(20-2)9-14(8-12)21-3/h4-9H,17H2,1-3H3,(H,18,19). The van der Waals surface area contributed by atoms with Gasteiger partial charge in [0, 0.05) is 35.1 Å². The summed E-state index contributed by atoms with van der Waals surface area (Å²) in [5.74, 6) is 0.971. The fourth-order valence-electron chi connectivity index (χ4n) is 1.86. The maximum atomic E-state index is 12.2. The summed E-state index contributed by atoms with van der Waals surface area (Å²) >= 11 is 0. The van der Waals surface area contributed by atoms with Crippen molar-refractivity contribution in [2.75, 3.05) is 25.3 Å². The molecule has 110 valence electrons. The van der Waals surface area contributed by atoms with Gasteiger partial charge in [-0.3, -0.25) is 4.79 Å². The second kappa shape index (κ2) is 6.17. The zero-order valence-corrected chi connectivity index (χ0v) is 12.3. The van der Waals surface area contributed by atoms with Gasteiger partial charge < -0.3 is 20.5 Å². The molecule has 0 fully saturated rings. The Morgan fingerprint density at radius 2 is 1.67 bits per heavy atom. The highest BCUT2D eigenvalue weighted by Gasteiger charge is 2.09. The summed E-state index contributed by atoms with van der Waals surface area (Å²) in [6, 6.07) is 10.4.